The molecule has 4 rings (SSSR count). The zero-order valence-electron chi connectivity index (χ0n) is 16.2. The normalized spacial score (nSPS) is 22.6. The number of alkyl halides is 2. The van der Waals surface area contributed by atoms with E-state index in [0.717, 1.165) is 0 Å². The van der Waals surface area contributed by atoms with Gasteiger partial charge in [-0.05, 0) is 36.4 Å². The van der Waals surface area contributed by atoms with Crippen LogP contribution in [0.25, 0.3) is 0 Å². The Labute approximate surface area is 177 Å². The minimum absolute atomic E-state index is 0.204. The molecule has 3 aromatic carbocycles. The summed E-state index contributed by atoms with van der Waals surface area (Å²) in [6, 6.07) is 24.6. The Morgan fingerprint density at radius 1 is 0.677 bits per heavy atom. The van der Waals surface area contributed by atoms with Gasteiger partial charge in [-0.1, -0.05) is 54.6 Å². The SMILES string of the molecule is OC1O[C@H](C(Oc2ccccc2)(Oc2ccccc2)Oc2ccccc2)[C@@H](O)C1(F)F. The molecule has 8 heteroatoms. The molecule has 0 saturated carbocycles. The Morgan fingerprint density at radius 3 is 1.32 bits per heavy atom. The molecule has 1 saturated heterocycles. The fourth-order valence-electron chi connectivity index (χ4n) is 3.12. The lowest BCUT2D eigenvalue weighted by molar-refractivity contribution is -0.324. The average molecular weight is 430 g/mol. The van der Waals surface area contributed by atoms with Crippen molar-refractivity contribution in [3.8, 4) is 17.2 Å². The van der Waals surface area contributed by atoms with E-state index in [1.54, 1.807) is 91.0 Å². The molecule has 6 nitrogen and oxygen atoms in total. The summed E-state index contributed by atoms with van der Waals surface area (Å²) in [5.74, 6) is -5.78. The monoisotopic (exact) mass is 430 g/mol. The molecule has 1 aliphatic heterocycles. The second-order valence-electron chi connectivity index (χ2n) is 6.88. The second-order valence-corrected chi connectivity index (χ2v) is 6.88. The van der Waals surface area contributed by atoms with Gasteiger partial charge in [0.05, 0.1) is 0 Å². The first-order chi connectivity index (χ1) is 14.9. The Hall–Kier alpha value is -3.20. The van der Waals surface area contributed by atoms with Crippen molar-refractivity contribution in [3.05, 3.63) is 91.0 Å². The van der Waals surface area contributed by atoms with E-state index in [4.69, 9.17) is 18.9 Å². The van der Waals surface area contributed by atoms with Crippen LogP contribution in [0.1, 0.15) is 0 Å². The molecule has 1 fully saturated rings. The summed E-state index contributed by atoms with van der Waals surface area (Å²) < 4.78 is 51.5. The Kier molecular flexibility index (Phi) is 5.77. The Bertz CT molecular complexity index is 870. The summed E-state index contributed by atoms with van der Waals surface area (Å²) in [6.07, 6.45) is -6.98. The van der Waals surface area contributed by atoms with Gasteiger partial charge in [0.15, 0.2) is 6.10 Å². The topological polar surface area (TPSA) is 77.4 Å². The predicted octanol–water partition coefficient (Wildman–Crippen LogP) is 3.59. The second kappa shape index (κ2) is 8.50. The highest BCUT2D eigenvalue weighted by Crippen LogP contribution is 2.42. The third kappa shape index (κ3) is 4.32. The molecular formula is C23H20F2O6. The molecule has 3 aromatic rings. The van der Waals surface area contributed by atoms with Crippen LogP contribution < -0.4 is 14.2 Å². The number of hydrogen-bond donors (Lipinski definition) is 2. The fraction of sp³-hybridized carbons (Fsp3) is 0.217. The minimum atomic E-state index is -3.98. The molecule has 162 valence electrons. The zero-order valence-corrected chi connectivity index (χ0v) is 16.2. The van der Waals surface area contributed by atoms with Crippen LogP contribution in [-0.2, 0) is 4.74 Å². The quantitative estimate of drug-likeness (QED) is 0.558. The summed E-state index contributed by atoms with van der Waals surface area (Å²) in [5.41, 5.74) is 0. The van der Waals surface area contributed by atoms with Crippen molar-refractivity contribution in [1.82, 2.24) is 0 Å². The zero-order chi connectivity index (χ0) is 21.9. The standard InChI is InChI=1S/C23H20F2O6/c24-22(25)19(26)20(28-21(22)27)23(29-16-10-4-1-5-11-16,30-17-12-6-2-7-13-17)31-18-14-8-3-9-15-18/h1-15,19-21,26-27H/t19-,20+,21?/m1/s1. The van der Waals surface area contributed by atoms with E-state index in [9.17, 15) is 19.0 Å². The number of aliphatic hydroxyl groups excluding tert-OH is 2. The van der Waals surface area contributed by atoms with Crippen LogP contribution in [0, 0.1) is 0 Å². The molecule has 1 heterocycles. The summed E-state index contributed by atoms with van der Waals surface area (Å²) >= 11 is 0. The van der Waals surface area contributed by atoms with Crippen molar-refractivity contribution in [3.63, 3.8) is 0 Å². The van der Waals surface area contributed by atoms with Crippen molar-refractivity contribution in [1.29, 1.82) is 0 Å². The Balaban J connectivity index is 1.82. The fourth-order valence-corrected chi connectivity index (χ4v) is 3.12. The highest BCUT2D eigenvalue weighted by molar-refractivity contribution is 5.27. The van der Waals surface area contributed by atoms with Gasteiger partial charge in [0.25, 0.3) is 0 Å². The smallest absolute Gasteiger partial charge is 0.419 e. The lowest BCUT2D eigenvalue weighted by Crippen LogP contribution is -2.62. The number of hydrogen-bond acceptors (Lipinski definition) is 6. The van der Waals surface area contributed by atoms with Gasteiger partial charge < -0.3 is 29.2 Å². The van der Waals surface area contributed by atoms with Crippen LogP contribution in [0.5, 0.6) is 17.2 Å². The number of benzene rings is 3. The van der Waals surface area contributed by atoms with Gasteiger partial charge in [0, 0.05) is 0 Å². The molecule has 0 radical (unpaired) electrons. The maximum absolute atomic E-state index is 14.3. The van der Waals surface area contributed by atoms with Gasteiger partial charge in [-0.25, -0.2) is 0 Å². The van der Waals surface area contributed by atoms with E-state index in [2.05, 4.69) is 0 Å². The van der Waals surface area contributed by atoms with Gasteiger partial charge in [-0.15, -0.1) is 0 Å². The van der Waals surface area contributed by atoms with Gasteiger partial charge in [0.2, 0.25) is 12.4 Å². The summed E-state index contributed by atoms with van der Waals surface area (Å²) in [5, 5.41) is 20.1. The maximum atomic E-state index is 14.3. The van der Waals surface area contributed by atoms with E-state index >= 15 is 0 Å². The number of ether oxygens (including phenoxy) is 4. The van der Waals surface area contributed by atoms with Crippen LogP contribution >= 0.6 is 0 Å². The van der Waals surface area contributed by atoms with E-state index in [0.29, 0.717) is 0 Å². The van der Waals surface area contributed by atoms with Crippen LogP contribution in [0.2, 0.25) is 0 Å². The first-order valence-electron chi connectivity index (χ1n) is 9.52. The maximum Gasteiger partial charge on any atom is 0.448 e. The third-order valence-corrected chi connectivity index (χ3v) is 4.64. The van der Waals surface area contributed by atoms with Gasteiger partial charge in [0.1, 0.15) is 17.2 Å². The first-order valence-corrected chi connectivity index (χ1v) is 9.52. The van der Waals surface area contributed by atoms with E-state index < -0.39 is 30.4 Å². The molecule has 0 bridgehead atoms. The van der Waals surface area contributed by atoms with Gasteiger partial charge in [-0.2, -0.15) is 8.78 Å². The summed E-state index contributed by atoms with van der Waals surface area (Å²) in [7, 11) is 0. The van der Waals surface area contributed by atoms with Gasteiger partial charge in [-0.3, -0.25) is 0 Å². The lowest BCUT2D eigenvalue weighted by Gasteiger charge is -2.38. The number of halogens is 2. The largest absolute Gasteiger partial charge is 0.448 e. The van der Waals surface area contributed by atoms with Crippen LogP contribution in [-0.4, -0.2) is 40.6 Å². The van der Waals surface area contributed by atoms with Crippen molar-refractivity contribution in [2.45, 2.75) is 30.4 Å². The van der Waals surface area contributed by atoms with Crippen molar-refractivity contribution in [2.24, 2.45) is 0 Å². The minimum Gasteiger partial charge on any atom is -0.419 e. The number of aliphatic hydroxyl groups is 2. The number of rotatable bonds is 7. The van der Waals surface area contributed by atoms with Crippen LogP contribution in [0.3, 0.4) is 0 Å². The molecular weight excluding hydrogens is 410 g/mol. The molecule has 3 atom stereocenters. The van der Waals surface area contributed by atoms with Crippen molar-refractivity contribution in [2.75, 3.05) is 0 Å². The lowest BCUT2D eigenvalue weighted by atomic mass is 10.1. The molecule has 1 aliphatic rings. The van der Waals surface area contributed by atoms with Crippen LogP contribution in [0.4, 0.5) is 8.78 Å². The Morgan fingerprint density at radius 2 is 1.03 bits per heavy atom. The number of para-hydroxylation sites is 3. The molecule has 31 heavy (non-hydrogen) atoms. The molecule has 0 aliphatic carbocycles. The molecule has 2 N–H and O–H groups in total. The summed E-state index contributed by atoms with van der Waals surface area (Å²) in [6.45, 7) is 0. The molecule has 1 unspecified atom stereocenters. The van der Waals surface area contributed by atoms with E-state index in [1.165, 1.54) is 0 Å². The highest BCUT2D eigenvalue weighted by atomic mass is 19.3. The first kappa shape index (κ1) is 21.0. The third-order valence-electron chi connectivity index (χ3n) is 4.64. The van der Waals surface area contributed by atoms with Gasteiger partial charge >= 0.3 is 11.9 Å². The highest BCUT2D eigenvalue weighted by Gasteiger charge is 2.68. The average Bonchev–Trinajstić information content (AvgIpc) is 2.99. The van der Waals surface area contributed by atoms with E-state index in [-0.39, 0.29) is 17.2 Å². The molecule has 0 amide bonds. The van der Waals surface area contributed by atoms with E-state index in [1.807, 2.05) is 0 Å². The van der Waals surface area contributed by atoms with Crippen molar-refractivity contribution < 1.29 is 37.9 Å². The van der Waals surface area contributed by atoms with Crippen molar-refractivity contribution >= 4 is 0 Å². The molecule has 0 spiro atoms. The summed E-state index contributed by atoms with van der Waals surface area (Å²) in [4.78, 5) is 0. The predicted molar refractivity (Wildman–Crippen MR) is 106 cm³/mol. The van der Waals surface area contributed by atoms with Crippen LogP contribution in [0.15, 0.2) is 91.0 Å². The molecule has 0 aromatic heterocycles.